The molecule has 1 aliphatic carbocycles. The van der Waals surface area contributed by atoms with E-state index in [4.69, 9.17) is 9.72 Å². The van der Waals surface area contributed by atoms with Crippen molar-refractivity contribution in [3.63, 3.8) is 0 Å². The highest BCUT2D eigenvalue weighted by molar-refractivity contribution is 5.82. The van der Waals surface area contributed by atoms with E-state index in [1.165, 1.54) is 13.2 Å². The molecule has 2 heterocycles. The fraction of sp³-hybridized carbons (Fsp3) is 0.292. The molecule has 2 aromatic carbocycles. The standard InChI is InChI=1S/C24H22F3N5O/c1-31-14-16(11-29-31)23-12-28-21-6-5-18(10-22(21)30-23)32(13-15-3-4-15)19-7-17(24(25,26)27)8-20(9-19)33-2/h5-12,14-15H,3-4,13H2,1-2H3. The third-order valence-electron chi connectivity index (χ3n) is 5.74. The summed E-state index contributed by atoms with van der Waals surface area (Å²) in [5.74, 6) is 0.606. The first-order chi connectivity index (χ1) is 15.8. The Labute approximate surface area is 188 Å². The molecule has 0 unspecified atom stereocenters. The minimum absolute atomic E-state index is 0.167. The lowest BCUT2D eigenvalue weighted by Crippen LogP contribution is -2.21. The van der Waals surface area contributed by atoms with Crippen LogP contribution in [0.5, 0.6) is 5.75 Å². The molecule has 1 fully saturated rings. The fourth-order valence-electron chi connectivity index (χ4n) is 3.80. The lowest BCUT2D eigenvalue weighted by atomic mass is 10.1. The van der Waals surface area contributed by atoms with Gasteiger partial charge in [0.15, 0.2) is 0 Å². The minimum Gasteiger partial charge on any atom is -0.497 e. The number of rotatable bonds is 6. The van der Waals surface area contributed by atoms with Crippen LogP contribution in [0.15, 0.2) is 55.0 Å². The van der Waals surface area contributed by atoms with Crippen LogP contribution in [0.3, 0.4) is 0 Å². The first-order valence-electron chi connectivity index (χ1n) is 10.6. The monoisotopic (exact) mass is 453 g/mol. The molecule has 0 bridgehead atoms. The molecule has 1 saturated carbocycles. The maximum absolute atomic E-state index is 13.5. The van der Waals surface area contributed by atoms with Crippen molar-refractivity contribution in [3.05, 3.63) is 60.6 Å². The molecule has 4 aromatic rings. The molecule has 9 heteroatoms. The van der Waals surface area contributed by atoms with E-state index < -0.39 is 11.7 Å². The van der Waals surface area contributed by atoms with Crippen LogP contribution in [-0.4, -0.2) is 33.4 Å². The van der Waals surface area contributed by atoms with Crippen LogP contribution in [0.4, 0.5) is 24.5 Å². The van der Waals surface area contributed by atoms with Gasteiger partial charge in [-0.15, -0.1) is 0 Å². The number of aryl methyl sites for hydroxylation is 1. The van der Waals surface area contributed by atoms with Crippen molar-refractivity contribution in [1.82, 2.24) is 19.7 Å². The van der Waals surface area contributed by atoms with Crippen molar-refractivity contribution in [2.45, 2.75) is 19.0 Å². The molecule has 33 heavy (non-hydrogen) atoms. The van der Waals surface area contributed by atoms with Gasteiger partial charge < -0.3 is 9.64 Å². The van der Waals surface area contributed by atoms with Gasteiger partial charge in [0.1, 0.15) is 5.75 Å². The smallest absolute Gasteiger partial charge is 0.416 e. The number of nitrogens with zero attached hydrogens (tertiary/aromatic N) is 5. The molecule has 2 aromatic heterocycles. The summed E-state index contributed by atoms with van der Waals surface area (Å²) in [4.78, 5) is 11.1. The molecule has 0 saturated heterocycles. The number of ether oxygens (including phenoxy) is 1. The van der Waals surface area contributed by atoms with Crippen LogP contribution in [0.25, 0.3) is 22.3 Å². The van der Waals surface area contributed by atoms with E-state index >= 15 is 0 Å². The van der Waals surface area contributed by atoms with Crippen LogP contribution in [0, 0.1) is 5.92 Å². The number of hydrogen-bond donors (Lipinski definition) is 0. The van der Waals surface area contributed by atoms with E-state index in [1.807, 2.05) is 36.3 Å². The Hall–Kier alpha value is -3.62. The van der Waals surface area contributed by atoms with Gasteiger partial charge in [-0.3, -0.25) is 9.67 Å². The van der Waals surface area contributed by atoms with E-state index in [0.29, 0.717) is 34.9 Å². The molecule has 0 spiro atoms. The Morgan fingerprint density at radius 1 is 1.06 bits per heavy atom. The van der Waals surface area contributed by atoms with Crippen LogP contribution in [0.1, 0.15) is 18.4 Å². The average Bonchev–Trinajstić information content (AvgIpc) is 3.53. The van der Waals surface area contributed by atoms with Crippen molar-refractivity contribution in [1.29, 1.82) is 0 Å². The zero-order valence-electron chi connectivity index (χ0n) is 18.2. The quantitative estimate of drug-likeness (QED) is 0.380. The normalized spacial score (nSPS) is 14.0. The molecule has 5 rings (SSSR count). The maximum Gasteiger partial charge on any atom is 0.416 e. The number of methoxy groups -OCH3 is 1. The Kier molecular flexibility index (Phi) is 5.19. The summed E-state index contributed by atoms with van der Waals surface area (Å²) < 4.78 is 47.5. The number of hydrogen-bond acceptors (Lipinski definition) is 5. The fourth-order valence-corrected chi connectivity index (χ4v) is 3.80. The Bertz CT molecular complexity index is 1310. The largest absolute Gasteiger partial charge is 0.497 e. The molecule has 0 amide bonds. The lowest BCUT2D eigenvalue weighted by molar-refractivity contribution is -0.137. The Morgan fingerprint density at radius 2 is 1.88 bits per heavy atom. The van der Waals surface area contributed by atoms with Crippen LogP contribution < -0.4 is 9.64 Å². The zero-order valence-corrected chi connectivity index (χ0v) is 18.2. The molecule has 0 aliphatic heterocycles. The maximum atomic E-state index is 13.5. The molecule has 0 radical (unpaired) electrons. The van der Waals surface area contributed by atoms with Crippen LogP contribution >= 0.6 is 0 Å². The van der Waals surface area contributed by atoms with E-state index in [2.05, 4.69) is 10.1 Å². The predicted octanol–water partition coefficient (Wildman–Crippen LogP) is 5.61. The molecule has 6 nitrogen and oxygen atoms in total. The number of alkyl halides is 3. The highest BCUT2D eigenvalue weighted by Crippen LogP contribution is 2.40. The molecule has 0 N–H and O–H groups in total. The first kappa shape index (κ1) is 21.2. The Balaban J connectivity index is 1.60. The molecule has 0 atom stereocenters. The Morgan fingerprint density at radius 3 is 2.55 bits per heavy atom. The minimum atomic E-state index is -4.47. The molecular weight excluding hydrogens is 431 g/mol. The number of halogens is 3. The summed E-state index contributed by atoms with van der Waals surface area (Å²) in [7, 11) is 3.20. The summed E-state index contributed by atoms with van der Waals surface area (Å²) in [6.45, 7) is 0.617. The van der Waals surface area contributed by atoms with Crippen LogP contribution in [0.2, 0.25) is 0 Å². The van der Waals surface area contributed by atoms with Gasteiger partial charge in [-0.05, 0) is 49.1 Å². The second-order valence-corrected chi connectivity index (χ2v) is 8.30. The van der Waals surface area contributed by atoms with Gasteiger partial charge >= 0.3 is 6.18 Å². The van der Waals surface area contributed by atoms with Gasteiger partial charge in [0.25, 0.3) is 0 Å². The van der Waals surface area contributed by atoms with Gasteiger partial charge in [-0.1, -0.05) is 0 Å². The summed E-state index contributed by atoms with van der Waals surface area (Å²) in [6.07, 6.45) is 2.92. The van der Waals surface area contributed by atoms with Gasteiger partial charge in [0.05, 0.1) is 41.8 Å². The lowest BCUT2D eigenvalue weighted by Gasteiger charge is -2.26. The highest BCUT2D eigenvalue weighted by atomic mass is 19.4. The van der Waals surface area contributed by atoms with E-state index in [-0.39, 0.29) is 5.75 Å². The van der Waals surface area contributed by atoms with E-state index in [0.717, 1.165) is 30.2 Å². The molecular formula is C24H22F3N5O. The SMILES string of the molecule is COc1cc(N(CC2CC2)c2ccc3ncc(-c4cnn(C)c4)nc3c2)cc(C(F)(F)F)c1. The third kappa shape index (κ3) is 4.48. The number of benzene rings is 2. The summed E-state index contributed by atoms with van der Waals surface area (Å²) in [5, 5.41) is 4.18. The summed E-state index contributed by atoms with van der Waals surface area (Å²) >= 11 is 0. The third-order valence-corrected chi connectivity index (χ3v) is 5.74. The topological polar surface area (TPSA) is 56.1 Å². The highest BCUT2D eigenvalue weighted by Gasteiger charge is 2.33. The van der Waals surface area contributed by atoms with Crippen molar-refractivity contribution in [2.24, 2.45) is 13.0 Å². The van der Waals surface area contributed by atoms with Crippen LogP contribution in [-0.2, 0) is 13.2 Å². The summed E-state index contributed by atoms with van der Waals surface area (Å²) in [6, 6.07) is 9.42. The average molecular weight is 453 g/mol. The van der Waals surface area contributed by atoms with Gasteiger partial charge in [0, 0.05) is 42.8 Å². The van der Waals surface area contributed by atoms with Gasteiger partial charge in [-0.2, -0.15) is 18.3 Å². The summed E-state index contributed by atoms with van der Waals surface area (Å²) in [5.41, 5.74) is 3.35. The molecule has 1 aliphatic rings. The number of anilines is 2. The van der Waals surface area contributed by atoms with Crippen molar-refractivity contribution < 1.29 is 17.9 Å². The first-order valence-corrected chi connectivity index (χ1v) is 10.6. The van der Waals surface area contributed by atoms with Gasteiger partial charge in [0.2, 0.25) is 0 Å². The van der Waals surface area contributed by atoms with E-state index in [1.54, 1.807) is 23.1 Å². The zero-order chi connectivity index (χ0) is 23.2. The van der Waals surface area contributed by atoms with Crippen molar-refractivity contribution in [2.75, 3.05) is 18.6 Å². The number of fused-ring (bicyclic) bond motifs is 1. The van der Waals surface area contributed by atoms with E-state index in [9.17, 15) is 13.2 Å². The second kappa shape index (κ2) is 8.06. The number of aromatic nitrogens is 4. The molecule has 170 valence electrons. The van der Waals surface area contributed by atoms with Crippen molar-refractivity contribution >= 4 is 22.4 Å². The van der Waals surface area contributed by atoms with Crippen molar-refractivity contribution in [3.8, 4) is 17.0 Å². The van der Waals surface area contributed by atoms with Gasteiger partial charge in [-0.25, -0.2) is 4.98 Å². The predicted molar refractivity (Wildman–Crippen MR) is 119 cm³/mol. The second-order valence-electron chi connectivity index (χ2n) is 8.30.